The van der Waals surface area contributed by atoms with Crippen LogP contribution in [0, 0.1) is 0 Å². The first-order chi connectivity index (χ1) is 15.1. The Balaban J connectivity index is 1.47. The van der Waals surface area contributed by atoms with Gasteiger partial charge in [0.25, 0.3) is 0 Å². The quantitative estimate of drug-likeness (QED) is 0.696. The van der Waals surface area contributed by atoms with Gasteiger partial charge >= 0.3 is 6.09 Å². The summed E-state index contributed by atoms with van der Waals surface area (Å²) in [5.74, 6) is 0.448. The van der Waals surface area contributed by atoms with Gasteiger partial charge in [-0.1, -0.05) is 11.6 Å². The first-order valence-electron chi connectivity index (χ1n) is 11.1. The van der Waals surface area contributed by atoms with Crippen LogP contribution in [0.5, 0.6) is 5.88 Å². The van der Waals surface area contributed by atoms with Crippen molar-refractivity contribution in [3.05, 3.63) is 28.9 Å². The number of rotatable bonds is 5. The lowest BCUT2D eigenvalue weighted by Crippen LogP contribution is -2.52. The summed E-state index contributed by atoms with van der Waals surface area (Å²) >= 11 is 6.45. The molecule has 174 valence electrons. The number of alkyl carbamates (subject to hydrolysis) is 1. The van der Waals surface area contributed by atoms with E-state index in [0.717, 1.165) is 25.7 Å². The first kappa shape index (κ1) is 23.0. The molecule has 0 spiro atoms. The molecule has 1 amide bonds. The van der Waals surface area contributed by atoms with Gasteiger partial charge in [-0.05, 0) is 52.5 Å². The van der Waals surface area contributed by atoms with Crippen molar-refractivity contribution in [1.29, 1.82) is 0 Å². The fourth-order valence-electron chi connectivity index (χ4n) is 4.93. The van der Waals surface area contributed by atoms with Gasteiger partial charge in [0.15, 0.2) is 0 Å². The summed E-state index contributed by atoms with van der Waals surface area (Å²) in [6, 6.07) is 4.20. The number of hydrogen-bond acceptors (Lipinski definition) is 7. The number of aliphatic hydroxyl groups excluding tert-OH is 1. The molecule has 4 heterocycles. The number of nitrogens with one attached hydrogen (secondary N) is 1. The average molecular weight is 463 g/mol. The van der Waals surface area contributed by atoms with Crippen molar-refractivity contribution in [1.82, 2.24) is 20.2 Å². The number of carbonyl (C=O) groups is 1. The van der Waals surface area contributed by atoms with Gasteiger partial charge in [-0.2, -0.15) is 0 Å². The minimum absolute atomic E-state index is 0.0759. The number of carbonyl (C=O) groups excluding carboxylic acids is 1. The van der Waals surface area contributed by atoms with Crippen LogP contribution in [0.3, 0.4) is 0 Å². The van der Waals surface area contributed by atoms with Crippen molar-refractivity contribution in [2.24, 2.45) is 0 Å². The molecule has 2 N–H and O–H groups in total. The first-order valence-corrected chi connectivity index (χ1v) is 11.4. The molecule has 2 aliphatic rings. The number of fused-ring (bicyclic) bond motifs is 3. The normalized spacial score (nSPS) is 24.4. The molecule has 0 radical (unpaired) electrons. The second kappa shape index (κ2) is 9.00. The molecule has 0 saturated carbocycles. The third-order valence-corrected chi connectivity index (χ3v) is 6.51. The van der Waals surface area contributed by atoms with Crippen LogP contribution in [0.4, 0.5) is 4.79 Å². The number of piperidine rings is 1. The highest BCUT2D eigenvalue weighted by atomic mass is 35.5. The van der Waals surface area contributed by atoms with Crippen LogP contribution in [0.1, 0.15) is 58.1 Å². The zero-order valence-electron chi connectivity index (χ0n) is 19.0. The van der Waals surface area contributed by atoms with Crippen molar-refractivity contribution in [2.45, 2.75) is 76.3 Å². The molecule has 2 aromatic heterocycles. The predicted molar refractivity (Wildman–Crippen MR) is 122 cm³/mol. The van der Waals surface area contributed by atoms with Gasteiger partial charge in [0.05, 0.1) is 23.8 Å². The fourth-order valence-corrected chi connectivity index (χ4v) is 5.20. The van der Waals surface area contributed by atoms with E-state index >= 15 is 0 Å². The Labute approximate surface area is 193 Å². The van der Waals surface area contributed by atoms with E-state index in [9.17, 15) is 9.90 Å². The molecular weight excluding hydrogens is 432 g/mol. The Bertz CT molecular complexity index is 982. The van der Waals surface area contributed by atoms with E-state index in [1.165, 1.54) is 0 Å². The number of methoxy groups -OCH3 is 1. The van der Waals surface area contributed by atoms with Crippen LogP contribution < -0.4 is 10.1 Å². The Morgan fingerprint density at radius 2 is 2.00 bits per heavy atom. The molecular formula is C23H31ClN4O4. The van der Waals surface area contributed by atoms with Crippen LogP contribution in [0.15, 0.2) is 18.3 Å². The summed E-state index contributed by atoms with van der Waals surface area (Å²) in [5, 5.41) is 14.6. The van der Waals surface area contributed by atoms with E-state index in [1.54, 1.807) is 19.4 Å². The lowest BCUT2D eigenvalue weighted by molar-refractivity contribution is 0.0348. The zero-order valence-corrected chi connectivity index (χ0v) is 19.7. The van der Waals surface area contributed by atoms with E-state index in [1.807, 2.05) is 26.8 Å². The molecule has 2 fully saturated rings. The molecule has 0 aromatic carbocycles. The average Bonchev–Trinajstić information content (AvgIpc) is 2.93. The van der Waals surface area contributed by atoms with Gasteiger partial charge in [0, 0.05) is 42.5 Å². The number of nitrogens with zero attached hydrogens (tertiary/aromatic N) is 3. The van der Waals surface area contributed by atoms with Gasteiger partial charge in [-0.25, -0.2) is 9.78 Å². The van der Waals surface area contributed by atoms with Crippen molar-refractivity contribution in [3.63, 3.8) is 0 Å². The van der Waals surface area contributed by atoms with Crippen molar-refractivity contribution in [2.75, 3.05) is 13.7 Å². The lowest BCUT2D eigenvalue weighted by Gasteiger charge is -2.40. The standard InChI is InChI=1S/C23H31ClN4O4/c1-23(2,3)32-22(30)26-13-9-14-5-6-15(10-13)28(14)12-18(29)20-16(24)11-25-17-7-8-19(31-4)27-21(17)20/h7-8,11,13-15,18,29H,5-6,9-10,12H2,1-4H3,(H,26,30). The number of halogens is 1. The second-order valence-corrected chi connectivity index (χ2v) is 10.1. The molecule has 4 rings (SSSR count). The second-order valence-electron chi connectivity index (χ2n) is 9.65. The number of hydrogen-bond donors (Lipinski definition) is 2. The van der Waals surface area contributed by atoms with E-state index in [4.69, 9.17) is 21.1 Å². The van der Waals surface area contributed by atoms with Gasteiger partial charge in [0.1, 0.15) is 11.1 Å². The summed E-state index contributed by atoms with van der Waals surface area (Å²) in [5.41, 5.74) is 1.27. The van der Waals surface area contributed by atoms with Crippen molar-refractivity contribution < 1.29 is 19.4 Å². The van der Waals surface area contributed by atoms with Crippen molar-refractivity contribution >= 4 is 28.7 Å². The van der Waals surface area contributed by atoms with E-state index in [-0.39, 0.29) is 24.2 Å². The molecule has 0 aliphatic carbocycles. The van der Waals surface area contributed by atoms with Gasteiger partial charge in [-0.3, -0.25) is 9.88 Å². The number of amides is 1. The molecule has 32 heavy (non-hydrogen) atoms. The van der Waals surface area contributed by atoms with Crippen LogP contribution in [0.25, 0.3) is 11.0 Å². The minimum Gasteiger partial charge on any atom is -0.481 e. The summed E-state index contributed by atoms with van der Waals surface area (Å²) in [6.07, 6.45) is 4.12. The maximum atomic E-state index is 12.2. The van der Waals surface area contributed by atoms with Crippen LogP contribution in [0.2, 0.25) is 5.02 Å². The maximum Gasteiger partial charge on any atom is 0.407 e. The van der Waals surface area contributed by atoms with E-state index < -0.39 is 11.7 Å². The highest BCUT2D eigenvalue weighted by Gasteiger charge is 2.42. The summed E-state index contributed by atoms with van der Waals surface area (Å²) < 4.78 is 10.7. The summed E-state index contributed by atoms with van der Waals surface area (Å²) in [4.78, 5) is 23.4. The Morgan fingerprint density at radius 3 is 2.62 bits per heavy atom. The maximum absolute atomic E-state index is 12.2. The molecule has 3 atom stereocenters. The topological polar surface area (TPSA) is 96.8 Å². The lowest BCUT2D eigenvalue weighted by atomic mass is 9.96. The molecule has 2 aromatic rings. The molecule has 2 aliphatic heterocycles. The molecule has 9 heteroatoms. The zero-order chi connectivity index (χ0) is 23.0. The Hall–Kier alpha value is -2.16. The number of pyridine rings is 2. The third kappa shape index (κ3) is 4.92. The molecule has 2 bridgehead atoms. The summed E-state index contributed by atoms with van der Waals surface area (Å²) in [6.45, 7) is 6.03. The van der Waals surface area contributed by atoms with Gasteiger partial charge in [0.2, 0.25) is 5.88 Å². The Morgan fingerprint density at radius 1 is 1.31 bits per heavy atom. The van der Waals surface area contributed by atoms with E-state index in [2.05, 4.69) is 20.2 Å². The van der Waals surface area contributed by atoms with Crippen LogP contribution in [-0.4, -0.2) is 63.4 Å². The molecule has 8 nitrogen and oxygen atoms in total. The largest absolute Gasteiger partial charge is 0.481 e. The molecule has 3 unspecified atom stereocenters. The third-order valence-electron chi connectivity index (χ3n) is 6.21. The van der Waals surface area contributed by atoms with E-state index in [0.29, 0.717) is 34.0 Å². The van der Waals surface area contributed by atoms with Gasteiger partial charge in [-0.15, -0.1) is 0 Å². The number of ether oxygens (including phenoxy) is 2. The predicted octanol–water partition coefficient (Wildman–Crippen LogP) is 3.85. The fraction of sp³-hybridized carbons (Fsp3) is 0.609. The molecule has 2 saturated heterocycles. The minimum atomic E-state index is -0.814. The van der Waals surface area contributed by atoms with Crippen LogP contribution in [-0.2, 0) is 4.74 Å². The smallest absolute Gasteiger partial charge is 0.407 e. The highest BCUT2D eigenvalue weighted by molar-refractivity contribution is 6.32. The van der Waals surface area contributed by atoms with Crippen molar-refractivity contribution in [3.8, 4) is 5.88 Å². The number of aliphatic hydroxyl groups is 1. The SMILES string of the molecule is COc1ccc2ncc(Cl)c(C(O)CN3C4CCC3CC(NC(=O)OC(C)(C)C)C4)c2n1. The van der Waals surface area contributed by atoms with Crippen LogP contribution >= 0.6 is 11.6 Å². The Kier molecular flexibility index (Phi) is 6.47. The number of aromatic nitrogens is 2. The van der Waals surface area contributed by atoms with Gasteiger partial charge < -0.3 is 19.9 Å². The summed E-state index contributed by atoms with van der Waals surface area (Å²) in [7, 11) is 1.55. The highest BCUT2D eigenvalue weighted by Crippen LogP contribution is 2.38. The monoisotopic (exact) mass is 462 g/mol.